The van der Waals surface area contributed by atoms with Gasteiger partial charge in [0.15, 0.2) is 0 Å². The van der Waals surface area contributed by atoms with Crippen molar-refractivity contribution in [2.45, 2.75) is 32.6 Å². The second-order valence-corrected chi connectivity index (χ2v) is 7.44. The van der Waals surface area contributed by atoms with Gasteiger partial charge in [0.25, 0.3) is 0 Å². The molecular weight excluding hydrogens is 355 g/mol. The van der Waals surface area contributed by atoms with Crippen molar-refractivity contribution in [3.63, 3.8) is 0 Å². The molecule has 2 heterocycles. The minimum atomic E-state index is -0.671. The number of aromatic nitrogens is 2. The number of esters is 1. The van der Waals surface area contributed by atoms with Crippen molar-refractivity contribution in [1.82, 2.24) is 9.97 Å². The van der Waals surface area contributed by atoms with Crippen LogP contribution in [0.1, 0.15) is 52.9 Å². The molecule has 1 N–H and O–H groups in total. The van der Waals surface area contributed by atoms with Crippen LogP contribution >= 0.6 is 0 Å². The molecule has 1 fully saturated rings. The minimum Gasteiger partial charge on any atom is -0.465 e. The van der Waals surface area contributed by atoms with Crippen LogP contribution in [0.25, 0.3) is 16.6 Å². The summed E-state index contributed by atoms with van der Waals surface area (Å²) in [7, 11) is 1.25. The first kappa shape index (κ1) is 18.4. The quantitative estimate of drug-likeness (QED) is 0.617. The number of fused-ring (bicyclic) bond motifs is 1. The zero-order chi connectivity index (χ0) is 19.7. The third-order valence-electron chi connectivity index (χ3n) is 5.38. The molecule has 0 saturated heterocycles. The molecule has 1 saturated carbocycles. The van der Waals surface area contributed by atoms with E-state index in [1.54, 1.807) is 6.07 Å². The van der Waals surface area contributed by atoms with Crippen molar-refractivity contribution in [1.29, 1.82) is 0 Å². The molecule has 4 rings (SSSR count). The molecule has 3 aromatic rings. The number of methoxy groups -OCH3 is 1. The molecule has 1 aliphatic rings. The second kappa shape index (κ2) is 7.58. The van der Waals surface area contributed by atoms with E-state index >= 15 is 0 Å². The third-order valence-corrected chi connectivity index (χ3v) is 5.38. The fourth-order valence-corrected chi connectivity index (χ4v) is 3.93. The molecular formula is C23H23FN2O2. The number of hydrogen-bond donors (Lipinski definition) is 1. The molecule has 2 aromatic heterocycles. The van der Waals surface area contributed by atoms with Gasteiger partial charge in [-0.25, -0.2) is 14.2 Å². The normalized spacial score (nSPS) is 15.3. The summed E-state index contributed by atoms with van der Waals surface area (Å²) >= 11 is 0. The summed E-state index contributed by atoms with van der Waals surface area (Å²) in [5, 5.41) is 1.03. The average Bonchev–Trinajstić information content (AvgIpc) is 3.34. The molecule has 0 radical (unpaired) electrons. The first-order valence-corrected chi connectivity index (χ1v) is 9.61. The predicted molar refractivity (Wildman–Crippen MR) is 108 cm³/mol. The number of hydrogen-bond acceptors (Lipinski definition) is 3. The van der Waals surface area contributed by atoms with Gasteiger partial charge in [-0.3, -0.25) is 0 Å². The Morgan fingerprint density at radius 1 is 1.25 bits per heavy atom. The number of ether oxygens (including phenoxy) is 1. The van der Waals surface area contributed by atoms with E-state index in [0.29, 0.717) is 5.92 Å². The van der Waals surface area contributed by atoms with Gasteiger partial charge >= 0.3 is 5.97 Å². The minimum absolute atomic E-state index is 0.0552. The molecule has 5 heteroatoms. The fraction of sp³-hybridized carbons (Fsp3) is 0.304. The lowest BCUT2D eigenvalue weighted by atomic mass is 9.95. The number of aryl methyl sites for hydroxylation is 1. The van der Waals surface area contributed by atoms with E-state index in [4.69, 9.17) is 0 Å². The molecule has 0 amide bonds. The highest BCUT2D eigenvalue weighted by molar-refractivity contribution is 5.91. The topological polar surface area (TPSA) is 55.0 Å². The van der Waals surface area contributed by atoms with E-state index < -0.39 is 11.8 Å². The zero-order valence-corrected chi connectivity index (χ0v) is 16.1. The van der Waals surface area contributed by atoms with Crippen LogP contribution < -0.4 is 0 Å². The highest BCUT2D eigenvalue weighted by Gasteiger charge is 2.19. The van der Waals surface area contributed by atoms with Crippen LogP contribution in [0.5, 0.6) is 0 Å². The molecule has 144 valence electrons. The van der Waals surface area contributed by atoms with E-state index in [0.717, 1.165) is 46.3 Å². The van der Waals surface area contributed by atoms with Crippen molar-refractivity contribution in [3.8, 4) is 0 Å². The highest BCUT2D eigenvalue weighted by atomic mass is 19.1. The van der Waals surface area contributed by atoms with Gasteiger partial charge in [0.1, 0.15) is 11.5 Å². The van der Waals surface area contributed by atoms with Gasteiger partial charge in [-0.05, 0) is 61.1 Å². The molecule has 0 spiro atoms. The van der Waals surface area contributed by atoms with E-state index in [1.807, 2.05) is 13.1 Å². The first-order chi connectivity index (χ1) is 13.5. The Labute approximate surface area is 163 Å². The number of benzene rings is 1. The maximum Gasteiger partial charge on any atom is 0.340 e. The summed E-state index contributed by atoms with van der Waals surface area (Å²) in [6.07, 6.45) is 8.79. The Kier molecular flexibility index (Phi) is 4.99. The molecule has 4 nitrogen and oxygen atoms in total. The molecule has 0 unspecified atom stereocenters. The van der Waals surface area contributed by atoms with E-state index in [9.17, 15) is 9.18 Å². The number of carbonyl (C=O) groups excluding carboxylic acids is 1. The standard InChI is InChI=1S/C23H23FN2O2/c1-14-9-17-12-21(26-22(17)25-13-14)19(10-15-5-3-4-6-15)16-7-8-18(20(24)11-16)23(27)28-2/h7-13,15H,3-6H2,1-2H3,(H,25,26). The number of nitrogens with zero attached hydrogens (tertiary/aromatic N) is 1. The number of halogens is 1. The smallest absolute Gasteiger partial charge is 0.340 e. The zero-order valence-electron chi connectivity index (χ0n) is 16.1. The number of nitrogens with one attached hydrogen (secondary N) is 1. The fourth-order valence-electron chi connectivity index (χ4n) is 3.93. The van der Waals surface area contributed by atoms with Gasteiger partial charge in [0, 0.05) is 22.9 Å². The number of aromatic amines is 1. The molecule has 0 bridgehead atoms. The molecule has 0 aliphatic heterocycles. The van der Waals surface area contributed by atoms with E-state index in [-0.39, 0.29) is 5.56 Å². The number of allylic oxidation sites excluding steroid dienone is 1. The number of carbonyl (C=O) groups is 1. The van der Waals surface area contributed by atoms with Gasteiger partial charge in [0.05, 0.1) is 12.7 Å². The first-order valence-electron chi connectivity index (χ1n) is 9.61. The SMILES string of the molecule is COC(=O)c1ccc(C(=CC2CCCC2)c2cc3cc(C)cnc3[nH]2)cc1F. The van der Waals surface area contributed by atoms with Crippen molar-refractivity contribution in [2.24, 2.45) is 5.92 Å². The summed E-state index contributed by atoms with van der Waals surface area (Å²) in [6.45, 7) is 2.01. The van der Waals surface area contributed by atoms with Crippen molar-refractivity contribution < 1.29 is 13.9 Å². The number of H-pyrrole nitrogens is 1. The maximum atomic E-state index is 14.6. The van der Waals surface area contributed by atoms with Crippen LogP contribution in [0.2, 0.25) is 0 Å². The molecule has 1 aliphatic carbocycles. The van der Waals surface area contributed by atoms with Crippen LogP contribution in [0.15, 0.2) is 42.6 Å². The summed E-state index contributed by atoms with van der Waals surface area (Å²) in [4.78, 5) is 19.5. The van der Waals surface area contributed by atoms with Crippen molar-refractivity contribution in [3.05, 3.63) is 70.8 Å². The lowest BCUT2D eigenvalue weighted by Gasteiger charge is -2.11. The van der Waals surface area contributed by atoms with Gasteiger partial charge in [-0.2, -0.15) is 0 Å². The summed E-state index contributed by atoms with van der Waals surface area (Å²) in [5.74, 6) is -0.776. The second-order valence-electron chi connectivity index (χ2n) is 7.44. The molecule has 0 atom stereocenters. The van der Waals surface area contributed by atoms with Crippen LogP contribution in [-0.4, -0.2) is 23.0 Å². The number of rotatable bonds is 4. The Morgan fingerprint density at radius 2 is 2.04 bits per heavy atom. The van der Waals surface area contributed by atoms with Crippen molar-refractivity contribution >= 4 is 22.6 Å². The van der Waals surface area contributed by atoms with E-state index in [2.05, 4.69) is 32.9 Å². The molecule has 28 heavy (non-hydrogen) atoms. The Bertz CT molecular complexity index is 1060. The van der Waals surface area contributed by atoms with Crippen LogP contribution in [-0.2, 0) is 4.74 Å². The van der Waals surface area contributed by atoms with Gasteiger partial charge < -0.3 is 9.72 Å². The lowest BCUT2D eigenvalue weighted by Crippen LogP contribution is -2.05. The van der Waals surface area contributed by atoms with Crippen molar-refractivity contribution in [2.75, 3.05) is 7.11 Å². The van der Waals surface area contributed by atoms with Crippen LogP contribution in [0, 0.1) is 18.7 Å². The van der Waals surface area contributed by atoms with Crippen LogP contribution in [0.4, 0.5) is 4.39 Å². The average molecular weight is 378 g/mol. The summed E-state index contributed by atoms with van der Waals surface area (Å²) < 4.78 is 19.2. The Hall–Kier alpha value is -2.95. The Morgan fingerprint density at radius 3 is 2.75 bits per heavy atom. The maximum absolute atomic E-state index is 14.6. The lowest BCUT2D eigenvalue weighted by molar-refractivity contribution is 0.0595. The predicted octanol–water partition coefficient (Wildman–Crippen LogP) is 5.42. The van der Waals surface area contributed by atoms with Gasteiger partial charge in [-0.15, -0.1) is 0 Å². The summed E-state index contributed by atoms with van der Waals surface area (Å²) in [6, 6.07) is 8.82. The number of pyridine rings is 1. The van der Waals surface area contributed by atoms with Gasteiger partial charge in [-0.1, -0.05) is 25.0 Å². The van der Waals surface area contributed by atoms with Gasteiger partial charge in [0.2, 0.25) is 0 Å². The Balaban J connectivity index is 1.81. The highest BCUT2D eigenvalue weighted by Crippen LogP contribution is 2.33. The van der Waals surface area contributed by atoms with Crippen LogP contribution in [0.3, 0.4) is 0 Å². The monoisotopic (exact) mass is 378 g/mol. The third kappa shape index (κ3) is 3.57. The molecule has 1 aromatic carbocycles. The summed E-state index contributed by atoms with van der Waals surface area (Å²) in [5.41, 5.74) is 4.43. The largest absolute Gasteiger partial charge is 0.465 e. The van der Waals surface area contributed by atoms with E-state index in [1.165, 1.54) is 32.1 Å².